The van der Waals surface area contributed by atoms with Crippen molar-refractivity contribution in [2.75, 3.05) is 11.9 Å². The van der Waals surface area contributed by atoms with Crippen LogP contribution < -0.4 is 10.6 Å². The molecule has 0 aromatic carbocycles. The van der Waals surface area contributed by atoms with Gasteiger partial charge in [0.05, 0.1) is 11.2 Å². The van der Waals surface area contributed by atoms with E-state index in [0.29, 0.717) is 16.4 Å². The number of aryl methyl sites for hydroxylation is 1. The van der Waals surface area contributed by atoms with Crippen LogP contribution in [-0.4, -0.2) is 28.3 Å². The van der Waals surface area contributed by atoms with Crippen LogP contribution in [0.25, 0.3) is 0 Å². The minimum atomic E-state index is -0.198. The lowest BCUT2D eigenvalue weighted by atomic mass is 10.3. The van der Waals surface area contributed by atoms with Gasteiger partial charge in [-0.15, -0.1) is 11.3 Å². The fraction of sp³-hybridized carbons (Fsp3) is 0.231. The number of hydrogen-bond acceptors (Lipinski definition) is 5. The SMILES string of the molecule is Cc1ncsc1C(=O)NCCC(=O)Nc1ccccn1. The van der Waals surface area contributed by atoms with Gasteiger partial charge in [0.15, 0.2) is 0 Å². The molecule has 0 bridgehead atoms. The van der Waals surface area contributed by atoms with Gasteiger partial charge in [-0.3, -0.25) is 9.59 Å². The second-order valence-electron chi connectivity index (χ2n) is 4.04. The number of amides is 2. The van der Waals surface area contributed by atoms with Crippen LogP contribution in [-0.2, 0) is 4.79 Å². The van der Waals surface area contributed by atoms with Gasteiger partial charge >= 0.3 is 0 Å². The first kappa shape index (κ1) is 14.1. The quantitative estimate of drug-likeness (QED) is 0.876. The van der Waals surface area contributed by atoms with Crippen LogP contribution in [0.5, 0.6) is 0 Å². The van der Waals surface area contributed by atoms with Gasteiger partial charge in [-0.25, -0.2) is 9.97 Å². The van der Waals surface area contributed by atoms with Crippen molar-refractivity contribution in [2.24, 2.45) is 0 Å². The number of aromatic nitrogens is 2. The Morgan fingerprint density at radius 3 is 2.80 bits per heavy atom. The molecular weight excluding hydrogens is 276 g/mol. The second-order valence-corrected chi connectivity index (χ2v) is 4.89. The van der Waals surface area contributed by atoms with E-state index in [1.165, 1.54) is 11.3 Å². The summed E-state index contributed by atoms with van der Waals surface area (Å²) in [4.78, 5) is 32.0. The van der Waals surface area contributed by atoms with E-state index in [0.717, 1.165) is 0 Å². The number of nitrogens with one attached hydrogen (secondary N) is 2. The van der Waals surface area contributed by atoms with Crippen molar-refractivity contribution in [1.29, 1.82) is 0 Å². The van der Waals surface area contributed by atoms with Crippen LogP contribution in [0, 0.1) is 6.92 Å². The molecule has 7 heteroatoms. The highest BCUT2D eigenvalue weighted by molar-refractivity contribution is 7.11. The second kappa shape index (κ2) is 6.76. The maximum absolute atomic E-state index is 11.8. The molecule has 20 heavy (non-hydrogen) atoms. The lowest BCUT2D eigenvalue weighted by Crippen LogP contribution is -2.27. The van der Waals surface area contributed by atoms with E-state index in [-0.39, 0.29) is 24.8 Å². The Hall–Kier alpha value is -2.28. The maximum Gasteiger partial charge on any atom is 0.263 e. The molecule has 2 aromatic heterocycles. The number of carbonyl (C=O) groups excluding carboxylic acids is 2. The van der Waals surface area contributed by atoms with Gasteiger partial charge in [-0.2, -0.15) is 0 Å². The molecule has 2 N–H and O–H groups in total. The molecule has 2 amide bonds. The monoisotopic (exact) mass is 290 g/mol. The standard InChI is InChI=1S/C13H14N4O2S/c1-9-12(20-8-16-9)13(19)15-7-5-11(18)17-10-4-2-3-6-14-10/h2-4,6,8H,5,7H2,1H3,(H,15,19)(H,14,17,18). The van der Waals surface area contributed by atoms with Crippen LogP contribution in [0.2, 0.25) is 0 Å². The van der Waals surface area contributed by atoms with Crippen LogP contribution in [0.4, 0.5) is 5.82 Å². The van der Waals surface area contributed by atoms with E-state index >= 15 is 0 Å². The summed E-state index contributed by atoms with van der Waals surface area (Å²) in [5, 5.41) is 5.34. The summed E-state index contributed by atoms with van der Waals surface area (Å²) in [7, 11) is 0. The summed E-state index contributed by atoms with van der Waals surface area (Å²) in [6.45, 7) is 2.05. The number of rotatable bonds is 5. The predicted octanol–water partition coefficient (Wildman–Crippen LogP) is 1.61. The van der Waals surface area contributed by atoms with E-state index in [1.54, 1.807) is 36.8 Å². The molecular formula is C13H14N4O2S. The molecule has 0 fully saturated rings. The highest BCUT2D eigenvalue weighted by atomic mass is 32.1. The topological polar surface area (TPSA) is 84.0 Å². The van der Waals surface area contributed by atoms with Crippen molar-refractivity contribution in [3.05, 3.63) is 40.5 Å². The molecule has 0 atom stereocenters. The number of hydrogen-bond donors (Lipinski definition) is 2. The van der Waals surface area contributed by atoms with Gasteiger partial charge in [0.25, 0.3) is 5.91 Å². The molecule has 0 aliphatic heterocycles. The number of carbonyl (C=O) groups is 2. The Morgan fingerprint density at radius 1 is 1.30 bits per heavy atom. The number of nitrogens with zero attached hydrogens (tertiary/aromatic N) is 2. The number of thiazole rings is 1. The Bertz CT molecular complexity index is 597. The zero-order valence-corrected chi connectivity index (χ0v) is 11.7. The lowest BCUT2D eigenvalue weighted by Gasteiger charge is -2.05. The van der Waals surface area contributed by atoms with Crippen molar-refractivity contribution in [2.45, 2.75) is 13.3 Å². The van der Waals surface area contributed by atoms with Crippen molar-refractivity contribution in [3.8, 4) is 0 Å². The van der Waals surface area contributed by atoms with Gasteiger partial charge in [0, 0.05) is 19.2 Å². The van der Waals surface area contributed by atoms with Gasteiger partial charge in [0.1, 0.15) is 10.7 Å². The van der Waals surface area contributed by atoms with Crippen LogP contribution >= 0.6 is 11.3 Å². The van der Waals surface area contributed by atoms with Crippen molar-refractivity contribution >= 4 is 29.0 Å². The molecule has 2 rings (SSSR count). The molecule has 2 aromatic rings. The Balaban J connectivity index is 1.75. The van der Waals surface area contributed by atoms with Crippen molar-refractivity contribution < 1.29 is 9.59 Å². The van der Waals surface area contributed by atoms with Crippen molar-refractivity contribution in [3.63, 3.8) is 0 Å². The maximum atomic E-state index is 11.8. The molecule has 0 saturated heterocycles. The molecule has 0 spiro atoms. The Labute approximate surface area is 120 Å². The Morgan fingerprint density at radius 2 is 2.15 bits per heavy atom. The fourth-order valence-electron chi connectivity index (χ4n) is 1.53. The molecule has 6 nitrogen and oxygen atoms in total. The van der Waals surface area contributed by atoms with E-state index in [2.05, 4.69) is 20.6 Å². The van der Waals surface area contributed by atoms with Crippen molar-refractivity contribution in [1.82, 2.24) is 15.3 Å². The average molecular weight is 290 g/mol. The van der Waals surface area contributed by atoms with Gasteiger partial charge in [0.2, 0.25) is 5.91 Å². The summed E-state index contributed by atoms with van der Waals surface area (Å²) in [6, 6.07) is 5.27. The molecule has 0 radical (unpaired) electrons. The first-order valence-corrected chi connectivity index (χ1v) is 6.94. The zero-order chi connectivity index (χ0) is 14.4. The highest BCUT2D eigenvalue weighted by Crippen LogP contribution is 2.11. The van der Waals surface area contributed by atoms with Gasteiger partial charge in [-0.1, -0.05) is 6.07 Å². The third kappa shape index (κ3) is 3.86. The third-order valence-electron chi connectivity index (χ3n) is 2.52. The number of anilines is 1. The van der Waals surface area contributed by atoms with E-state index < -0.39 is 0 Å². The summed E-state index contributed by atoms with van der Waals surface area (Å²) < 4.78 is 0. The lowest BCUT2D eigenvalue weighted by molar-refractivity contribution is -0.116. The predicted molar refractivity (Wildman–Crippen MR) is 76.7 cm³/mol. The molecule has 0 aliphatic rings. The summed E-state index contributed by atoms with van der Waals surface area (Å²) in [6.07, 6.45) is 1.80. The molecule has 2 heterocycles. The third-order valence-corrected chi connectivity index (χ3v) is 3.45. The Kier molecular flexibility index (Phi) is 4.78. The molecule has 0 aliphatic carbocycles. The molecule has 0 unspecified atom stereocenters. The fourth-order valence-corrected chi connectivity index (χ4v) is 2.25. The van der Waals surface area contributed by atoms with Crippen LogP contribution in [0.3, 0.4) is 0 Å². The first-order valence-electron chi connectivity index (χ1n) is 6.06. The van der Waals surface area contributed by atoms with E-state index in [9.17, 15) is 9.59 Å². The molecule has 0 saturated carbocycles. The summed E-state index contributed by atoms with van der Waals surface area (Å²) >= 11 is 1.29. The normalized spacial score (nSPS) is 10.1. The smallest absolute Gasteiger partial charge is 0.263 e. The minimum absolute atomic E-state index is 0.190. The molecule has 104 valence electrons. The van der Waals surface area contributed by atoms with Crippen LogP contribution in [0.15, 0.2) is 29.9 Å². The highest BCUT2D eigenvalue weighted by Gasteiger charge is 2.11. The van der Waals surface area contributed by atoms with Gasteiger partial charge in [-0.05, 0) is 19.1 Å². The average Bonchev–Trinajstić information content (AvgIpc) is 2.86. The summed E-state index contributed by atoms with van der Waals surface area (Å²) in [5.74, 6) is 0.114. The first-order chi connectivity index (χ1) is 9.66. The summed E-state index contributed by atoms with van der Waals surface area (Å²) in [5.41, 5.74) is 2.32. The minimum Gasteiger partial charge on any atom is -0.351 e. The zero-order valence-electron chi connectivity index (χ0n) is 10.9. The largest absolute Gasteiger partial charge is 0.351 e. The van der Waals surface area contributed by atoms with Crippen LogP contribution in [0.1, 0.15) is 21.8 Å². The number of pyridine rings is 1. The van der Waals surface area contributed by atoms with E-state index in [1.807, 2.05) is 0 Å². The van der Waals surface area contributed by atoms with E-state index in [4.69, 9.17) is 0 Å². The van der Waals surface area contributed by atoms with Gasteiger partial charge < -0.3 is 10.6 Å².